The van der Waals surface area contributed by atoms with E-state index in [4.69, 9.17) is 5.11 Å². The molecule has 2 aromatic rings. The molecule has 0 amide bonds. The normalized spacial score (nSPS) is 10.6. The maximum atomic E-state index is 13.8. The Morgan fingerprint density at radius 3 is 2.94 bits per heavy atom. The van der Waals surface area contributed by atoms with Gasteiger partial charge in [-0.15, -0.1) is 0 Å². The van der Waals surface area contributed by atoms with Gasteiger partial charge in [-0.3, -0.25) is 0 Å². The van der Waals surface area contributed by atoms with Crippen molar-refractivity contribution in [3.05, 3.63) is 41.0 Å². The minimum absolute atomic E-state index is 0.304. The number of rotatable bonds is 4. The third-order valence-corrected chi connectivity index (χ3v) is 4.14. The molecule has 2 rings (SSSR count). The summed E-state index contributed by atoms with van der Waals surface area (Å²) in [6.45, 7) is 1.78. The predicted molar refractivity (Wildman–Crippen MR) is 67.6 cm³/mol. The van der Waals surface area contributed by atoms with Crippen molar-refractivity contribution < 1.29 is 14.3 Å². The Labute approximate surface area is 111 Å². The Hall–Kier alpha value is -1.47. The third-order valence-electron chi connectivity index (χ3n) is 2.17. The topological polar surface area (TPSA) is 63.1 Å². The van der Waals surface area contributed by atoms with Gasteiger partial charge in [-0.2, -0.15) is 4.37 Å². The summed E-state index contributed by atoms with van der Waals surface area (Å²) in [5, 5.41) is 8.81. The van der Waals surface area contributed by atoms with Gasteiger partial charge in [0.2, 0.25) is 0 Å². The molecule has 0 saturated carbocycles. The maximum Gasteiger partial charge on any atom is 0.338 e. The van der Waals surface area contributed by atoms with Crippen molar-refractivity contribution in [2.45, 2.75) is 17.0 Å². The highest BCUT2D eigenvalue weighted by Gasteiger charge is 2.14. The minimum atomic E-state index is -1.26. The molecule has 1 heterocycles. The van der Waals surface area contributed by atoms with E-state index in [2.05, 4.69) is 9.36 Å². The number of carbonyl (C=O) groups is 1. The number of hydrogen-bond donors (Lipinski definition) is 1. The van der Waals surface area contributed by atoms with Crippen LogP contribution in [0.4, 0.5) is 4.39 Å². The van der Waals surface area contributed by atoms with Crippen LogP contribution in [0, 0.1) is 12.7 Å². The highest BCUT2D eigenvalue weighted by molar-refractivity contribution is 8.00. The van der Waals surface area contributed by atoms with E-state index < -0.39 is 11.8 Å². The molecule has 0 saturated heterocycles. The second-order valence-electron chi connectivity index (χ2n) is 3.48. The molecule has 7 heteroatoms. The summed E-state index contributed by atoms with van der Waals surface area (Å²) < 4.78 is 18.6. The van der Waals surface area contributed by atoms with Gasteiger partial charge in [-0.05, 0) is 30.1 Å². The van der Waals surface area contributed by atoms with Crippen LogP contribution in [0.1, 0.15) is 21.7 Å². The Morgan fingerprint density at radius 2 is 2.33 bits per heavy atom. The monoisotopic (exact) mass is 284 g/mol. The molecule has 4 nitrogen and oxygen atoms in total. The molecule has 0 atom stereocenters. The number of thioether (sulfide) groups is 1. The van der Waals surface area contributed by atoms with Crippen LogP contribution in [-0.2, 0) is 5.75 Å². The number of halogens is 1. The smallest absolute Gasteiger partial charge is 0.338 e. The van der Waals surface area contributed by atoms with E-state index in [0.717, 1.165) is 4.34 Å². The second-order valence-corrected chi connectivity index (χ2v) is 5.45. The van der Waals surface area contributed by atoms with Crippen LogP contribution >= 0.6 is 23.3 Å². The zero-order valence-electron chi connectivity index (χ0n) is 9.38. The van der Waals surface area contributed by atoms with Crippen molar-refractivity contribution in [2.24, 2.45) is 0 Å². The van der Waals surface area contributed by atoms with Gasteiger partial charge in [0.1, 0.15) is 11.6 Å². The van der Waals surface area contributed by atoms with Gasteiger partial charge in [0.15, 0.2) is 4.34 Å². The minimum Gasteiger partial charge on any atom is -0.478 e. The molecule has 1 aromatic carbocycles. The molecule has 0 fully saturated rings. The number of aromatic carboxylic acids is 1. The lowest BCUT2D eigenvalue weighted by Crippen LogP contribution is -2.02. The fraction of sp³-hybridized carbons (Fsp3) is 0.182. The van der Waals surface area contributed by atoms with Gasteiger partial charge in [0, 0.05) is 5.75 Å². The van der Waals surface area contributed by atoms with Crippen molar-refractivity contribution in [3.63, 3.8) is 0 Å². The Balaban J connectivity index is 2.14. The molecule has 0 spiro atoms. The summed E-state index contributed by atoms with van der Waals surface area (Å²) >= 11 is 2.59. The average molecular weight is 284 g/mol. The highest BCUT2D eigenvalue weighted by Crippen LogP contribution is 2.26. The fourth-order valence-electron chi connectivity index (χ4n) is 1.33. The maximum absolute atomic E-state index is 13.8. The SMILES string of the molecule is Cc1nsc(SCc2cccc(C(=O)O)c2F)n1. The number of nitrogens with zero attached hydrogens (tertiary/aromatic N) is 2. The van der Waals surface area contributed by atoms with Gasteiger partial charge >= 0.3 is 5.97 Å². The van der Waals surface area contributed by atoms with Crippen molar-refractivity contribution >= 4 is 29.3 Å². The van der Waals surface area contributed by atoms with Crippen LogP contribution in [-0.4, -0.2) is 20.4 Å². The number of aromatic nitrogens is 2. The second kappa shape index (κ2) is 5.45. The van der Waals surface area contributed by atoms with Crippen LogP contribution in [0.3, 0.4) is 0 Å². The molecule has 0 aliphatic heterocycles. The van der Waals surface area contributed by atoms with Crippen LogP contribution in [0.2, 0.25) is 0 Å². The summed E-state index contributed by atoms with van der Waals surface area (Å²) in [5.74, 6) is -0.922. The van der Waals surface area contributed by atoms with Crippen LogP contribution in [0.5, 0.6) is 0 Å². The number of benzene rings is 1. The van der Waals surface area contributed by atoms with E-state index in [-0.39, 0.29) is 5.56 Å². The van der Waals surface area contributed by atoms with E-state index >= 15 is 0 Å². The molecule has 0 bridgehead atoms. The Morgan fingerprint density at radius 1 is 1.56 bits per heavy atom. The number of carboxylic acid groups (broad SMARTS) is 1. The first-order chi connectivity index (χ1) is 8.58. The van der Waals surface area contributed by atoms with E-state index in [1.807, 2.05) is 0 Å². The van der Waals surface area contributed by atoms with Crippen molar-refractivity contribution in [3.8, 4) is 0 Å². The van der Waals surface area contributed by atoms with Gasteiger partial charge < -0.3 is 5.11 Å². The van der Waals surface area contributed by atoms with Gasteiger partial charge in [0.05, 0.1) is 5.56 Å². The van der Waals surface area contributed by atoms with Crippen LogP contribution in [0.15, 0.2) is 22.5 Å². The molecule has 18 heavy (non-hydrogen) atoms. The van der Waals surface area contributed by atoms with Crippen LogP contribution in [0.25, 0.3) is 0 Å². The van der Waals surface area contributed by atoms with Crippen LogP contribution < -0.4 is 0 Å². The molecule has 0 aliphatic carbocycles. The predicted octanol–water partition coefficient (Wildman–Crippen LogP) is 2.98. The third kappa shape index (κ3) is 2.85. The molecular formula is C11H9FN2O2S2. The molecular weight excluding hydrogens is 275 g/mol. The molecule has 94 valence electrons. The molecule has 0 aliphatic rings. The lowest BCUT2D eigenvalue weighted by atomic mass is 10.1. The lowest BCUT2D eigenvalue weighted by molar-refractivity contribution is 0.0691. The lowest BCUT2D eigenvalue weighted by Gasteiger charge is -2.03. The quantitative estimate of drug-likeness (QED) is 0.874. The number of hydrogen-bond acceptors (Lipinski definition) is 5. The molecule has 0 unspecified atom stereocenters. The molecule has 1 N–H and O–H groups in total. The van der Waals surface area contributed by atoms with Crippen molar-refractivity contribution in [1.82, 2.24) is 9.36 Å². The van der Waals surface area contributed by atoms with Gasteiger partial charge in [-0.25, -0.2) is 14.2 Å². The van der Waals surface area contributed by atoms with Gasteiger partial charge in [0.25, 0.3) is 0 Å². The fourth-order valence-corrected chi connectivity index (χ4v) is 2.95. The summed E-state index contributed by atoms with van der Waals surface area (Å²) in [7, 11) is 0. The van der Waals surface area contributed by atoms with E-state index in [1.54, 1.807) is 13.0 Å². The number of carboxylic acids is 1. The summed E-state index contributed by atoms with van der Waals surface area (Å²) in [5.41, 5.74) is 0.0503. The van der Waals surface area contributed by atoms with E-state index in [0.29, 0.717) is 17.1 Å². The first-order valence-corrected chi connectivity index (χ1v) is 6.77. The van der Waals surface area contributed by atoms with E-state index in [1.165, 1.54) is 35.4 Å². The average Bonchev–Trinajstić information content (AvgIpc) is 2.73. The summed E-state index contributed by atoms with van der Waals surface area (Å²) in [6, 6.07) is 4.36. The zero-order chi connectivity index (χ0) is 13.1. The highest BCUT2D eigenvalue weighted by atomic mass is 32.2. The summed E-state index contributed by atoms with van der Waals surface area (Å²) in [6.07, 6.45) is 0. The molecule has 1 aromatic heterocycles. The zero-order valence-corrected chi connectivity index (χ0v) is 11.0. The Kier molecular flexibility index (Phi) is 3.93. The standard InChI is InChI=1S/C11H9FN2O2S2/c1-6-13-11(18-14-6)17-5-7-3-2-4-8(9(7)12)10(15)16/h2-4H,5H2,1H3,(H,15,16). The largest absolute Gasteiger partial charge is 0.478 e. The summed E-state index contributed by atoms with van der Waals surface area (Å²) in [4.78, 5) is 14.9. The first kappa shape index (κ1) is 13.0. The van der Waals surface area contributed by atoms with Crippen molar-refractivity contribution in [2.75, 3.05) is 0 Å². The first-order valence-electron chi connectivity index (χ1n) is 5.01. The Bertz CT molecular complexity index is 586. The number of aryl methyl sites for hydroxylation is 1. The van der Waals surface area contributed by atoms with Crippen molar-refractivity contribution in [1.29, 1.82) is 0 Å². The van der Waals surface area contributed by atoms with Gasteiger partial charge in [-0.1, -0.05) is 23.9 Å². The van der Waals surface area contributed by atoms with E-state index in [9.17, 15) is 9.18 Å². The molecule has 0 radical (unpaired) electrons.